The third-order valence-corrected chi connectivity index (χ3v) is 3.50. The van der Waals surface area contributed by atoms with Gasteiger partial charge in [-0.25, -0.2) is 0 Å². The number of nitrogens with zero attached hydrogens (tertiary/aromatic N) is 1. The van der Waals surface area contributed by atoms with Crippen LogP contribution in [0.4, 0.5) is 11.4 Å². The molecule has 0 spiro atoms. The van der Waals surface area contributed by atoms with Gasteiger partial charge >= 0.3 is 0 Å². The van der Waals surface area contributed by atoms with Crippen molar-refractivity contribution in [1.29, 1.82) is 0 Å². The molecule has 0 atom stereocenters. The monoisotopic (exact) mass is 203 g/mol. The van der Waals surface area contributed by atoms with Gasteiger partial charge in [-0.1, -0.05) is 0 Å². The molecule has 3 rings (SSSR count). The average molecular weight is 203 g/mol. The van der Waals surface area contributed by atoms with E-state index in [1.165, 1.54) is 55.6 Å². The Morgan fingerprint density at radius 1 is 1.07 bits per heavy atom. The van der Waals surface area contributed by atoms with Crippen molar-refractivity contribution in [3.05, 3.63) is 23.3 Å². The number of rotatable bonds is 1. The fourth-order valence-electron chi connectivity index (χ4n) is 2.89. The molecule has 0 aromatic heterocycles. The van der Waals surface area contributed by atoms with E-state index in [1.807, 2.05) is 0 Å². The number of aryl methyl sites for hydroxylation is 2. The van der Waals surface area contributed by atoms with Crippen molar-refractivity contribution in [2.24, 2.45) is 5.84 Å². The fourth-order valence-corrected chi connectivity index (χ4v) is 2.89. The van der Waals surface area contributed by atoms with Crippen molar-refractivity contribution in [3.63, 3.8) is 0 Å². The summed E-state index contributed by atoms with van der Waals surface area (Å²) in [6, 6.07) is 4.41. The summed E-state index contributed by atoms with van der Waals surface area (Å²) in [7, 11) is 0. The highest BCUT2D eigenvalue weighted by molar-refractivity contribution is 5.68. The van der Waals surface area contributed by atoms with Crippen LogP contribution in [0.3, 0.4) is 0 Å². The normalized spacial score (nSPS) is 18.6. The fraction of sp³-hybridized carbons (Fsp3) is 0.500. The lowest BCUT2D eigenvalue weighted by Crippen LogP contribution is -2.34. The second-order valence-corrected chi connectivity index (χ2v) is 4.48. The lowest BCUT2D eigenvalue weighted by Gasteiger charge is -2.37. The number of hydrogen-bond acceptors (Lipinski definition) is 3. The van der Waals surface area contributed by atoms with Crippen molar-refractivity contribution in [1.82, 2.24) is 0 Å². The van der Waals surface area contributed by atoms with Gasteiger partial charge in [0.25, 0.3) is 0 Å². The molecule has 2 aliphatic heterocycles. The summed E-state index contributed by atoms with van der Waals surface area (Å²) in [4.78, 5) is 2.54. The van der Waals surface area contributed by atoms with E-state index in [0.29, 0.717) is 0 Å². The van der Waals surface area contributed by atoms with E-state index in [1.54, 1.807) is 0 Å². The summed E-state index contributed by atoms with van der Waals surface area (Å²) < 4.78 is 0. The van der Waals surface area contributed by atoms with Gasteiger partial charge in [0.15, 0.2) is 0 Å². The van der Waals surface area contributed by atoms with E-state index in [0.717, 1.165) is 5.69 Å². The topological polar surface area (TPSA) is 41.3 Å². The van der Waals surface area contributed by atoms with Gasteiger partial charge in [-0.15, -0.1) is 0 Å². The molecule has 2 aliphatic rings. The number of hydrogen-bond donors (Lipinski definition) is 2. The summed E-state index contributed by atoms with van der Waals surface area (Å²) in [5, 5.41) is 0. The molecule has 3 N–H and O–H groups in total. The van der Waals surface area contributed by atoms with Crippen LogP contribution in [0.2, 0.25) is 0 Å². The molecule has 0 saturated heterocycles. The Bertz CT molecular complexity index is 355. The quantitative estimate of drug-likeness (QED) is 0.539. The smallest absolute Gasteiger partial charge is 0.0492 e. The van der Waals surface area contributed by atoms with Crippen LogP contribution < -0.4 is 16.2 Å². The van der Waals surface area contributed by atoms with E-state index in [2.05, 4.69) is 22.5 Å². The molecule has 0 amide bonds. The number of benzene rings is 1. The second-order valence-electron chi connectivity index (χ2n) is 4.48. The summed E-state index contributed by atoms with van der Waals surface area (Å²) in [5.41, 5.74) is 8.30. The molecular formula is C12H17N3. The molecule has 0 fully saturated rings. The minimum Gasteiger partial charge on any atom is -0.371 e. The predicted octanol–water partition coefficient (Wildman–Crippen LogP) is 1.67. The van der Waals surface area contributed by atoms with Crippen LogP contribution in [0, 0.1) is 0 Å². The zero-order chi connectivity index (χ0) is 10.3. The number of hydrazine groups is 1. The van der Waals surface area contributed by atoms with Gasteiger partial charge in [0.1, 0.15) is 0 Å². The number of anilines is 2. The Hall–Kier alpha value is -1.22. The zero-order valence-electron chi connectivity index (χ0n) is 8.92. The molecule has 0 unspecified atom stereocenters. The van der Waals surface area contributed by atoms with E-state index >= 15 is 0 Å². The number of nitrogens with two attached hydrogens (primary N) is 1. The maximum Gasteiger partial charge on any atom is 0.0492 e. The summed E-state index contributed by atoms with van der Waals surface area (Å²) in [5.74, 6) is 5.50. The molecule has 0 radical (unpaired) electrons. The van der Waals surface area contributed by atoms with Crippen LogP contribution >= 0.6 is 0 Å². The third kappa shape index (κ3) is 1.38. The zero-order valence-corrected chi connectivity index (χ0v) is 8.92. The summed E-state index contributed by atoms with van der Waals surface area (Å²) >= 11 is 0. The van der Waals surface area contributed by atoms with Crippen LogP contribution in [-0.4, -0.2) is 13.1 Å². The average Bonchev–Trinajstić information content (AvgIpc) is 2.29. The highest BCUT2D eigenvalue weighted by Crippen LogP contribution is 2.36. The van der Waals surface area contributed by atoms with E-state index in [4.69, 9.17) is 5.84 Å². The molecule has 2 heterocycles. The minimum atomic E-state index is 1.06. The first-order valence-corrected chi connectivity index (χ1v) is 5.76. The van der Waals surface area contributed by atoms with Gasteiger partial charge in [0, 0.05) is 24.5 Å². The van der Waals surface area contributed by atoms with Gasteiger partial charge in [0.2, 0.25) is 0 Å². The molecule has 0 saturated carbocycles. The number of nitrogens with one attached hydrogen (secondary N) is 1. The molecule has 1 aromatic rings. The Morgan fingerprint density at radius 3 is 2.20 bits per heavy atom. The van der Waals surface area contributed by atoms with Crippen molar-refractivity contribution < 1.29 is 0 Å². The standard InChI is InChI=1S/C12H17N3/c13-14-11-7-9-3-1-5-15-6-2-4-10(8-11)12(9)15/h7-8,14H,1-6,13H2. The van der Waals surface area contributed by atoms with Crippen LogP contribution in [-0.2, 0) is 12.8 Å². The van der Waals surface area contributed by atoms with Gasteiger partial charge in [0.05, 0.1) is 0 Å². The van der Waals surface area contributed by atoms with E-state index in [-0.39, 0.29) is 0 Å². The van der Waals surface area contributed by atoms with E-state index < -0.39 is 0 Å². The second kappa shape index (κ2) is 3.42. The first-order valence-electron chi connectivity index (χ1n) is 5.76. The van der Waals surface area contributed by atoms with Crippen LogP contribution in [0.25, 0.3) is 0 Å². The Morgan fingerprint density at radius 2 is 1.67 bits per heavy atom. The van der Waals surface area contributed by atoms with Gasteiger partial charge in [-0.2, -0.15) is 0 Å². The molecule has 0 bridgehead atoms. The SMILES string of the molecule is NNc1cc2c3c(c1)CCCN3CCC2. The molecule has 3 nitrogen and oxygen atoms in total. The maximum absolute atomic E-state index is 5.50. The van der Waals surface area contributed by atoms with Crippen LogP contribution in [0.1, 0.15) is 24.0 Å². The predicted molar refractivity (Wildman–Crippen MR) is 63.1 cm³/mol. The van der Waals surface area contributed by atoms with Crippen molar-refractivity contribution in [2.75, 3.05) is 23.4 Å². The molecule has 15 heavy (non-hydrogen) atoms. The Balaban J connectivity index is 2.15. The van der Waals surface area contributed by atoms with Gasteiger partial charge < -0.3 is 10.3 Å². The Labute approximate surface area is 90.2 Å². The van der Waals surface area contributed by atoms with Crippen LogP contribution in [0.5, 0.6) is 0 Å². The lowest BCUT2D eigenvalue weighted by molar-refractivity contribution is 0.634. The van der Waals surface area contributed by atoms with Gasteiger partial charge in [-0.3, -0.25) is 5.84 Å². The summed E-state index contributed by atoms with van der Waals surface area (Å²) in [6.07, 6.45) is 4.96. The van der Waals surface area contributed by atoms with E-state index in [9.17, 15) is 0 Å². The van der Waals surface area contributed by atoms with Crippen molar-refractivity contribution in [2.45, 2.75) is 25.7 Å². The third-order valence-electron chi connectivity index (χ3n) is 3.50. The number of nitrogen functional groups attached to an aromatic ring is 1. The highest BCUT2D eigenvalue weighted by Gasteiger charge is 2.23. The van der Waals surface area contributed by atoms with Gasteiger partial charge in [-0.05, 0) is 48.9 Å². The Kier molecular flexibility index (Phi) is 2.06. The largest absolute Gasteiger partial charge is 0.371 e. The molecule has 1 aromatic carbocycles. The minimum absolute atomic E-state index is 1.06. The highest BCUT2D eigenvalue weighted by atomic mass is 15.2. The van der Waals surface area contributed by atoms with Crippen molar-refractivity contribution >= 4 is 11.4 Å². The maximum atomic E-state index is 5.50. The lowest BCUT2D eigenvalue weighted by atomic mass is 9.91. The summed E-state index contributed by atoms with van der Waals surface area (Å²) in [6.45, 7) is 2.46. The molecular weight excluding hydrogens is 186 g/mol. The first kappa shape index (κ1) is 9.04. The van der Waals surface area contributed by atoms with Crippen molar-refractivity contribution in [3.8, 4) is 0 Å². The molecule has 0 aliphatic carbocycles. The first-order chi connectivity index (χ1) is 7.38. The molecule has 3 heteroatoms. The van der Waals surface area contributed by atoms with Crippen LogP contribution in [0.15, 0.2) is 12.1 Å². The molecule has 80 valence electrons.